The summed E-state index contributed by atoms with van der Waals surface area (Å²) in [4.78, 5) is 0.440. The molecular formula is C15H6Cl2F2N4S. The predicted molar refractivity (Wildman–Crippen MR) is 89.5 cm³/mol. The average molecular weight is 383 g/mol. The zero-order valence-electron chi connectivity index (χ0n) is 11.7. The van der Waals surface area contributed by atoms with Gasteiger partial charge in [-0.2, -0.15) is 9.61 Å². The second kappa shape index (κ2) is 5.77. The maximum atomic E-state index is 14.0. The highest BCUT2D eigenvalue weighted by atomic mass is 35.5. The van der Waals surface area contributed by atoms with Crippen molar-refractivity contribution in [2.75, 3.05) is 0 Å². The molecule has 0 unspecified atom stereocenters. The number of benzene rings is 2. The van der Waals surface area contributed by atoms with Crippen LogP contribution in [0.25, 0.3) is 26.9 Å². The summed E-state index contributed by atoms with van der Waals surface area (Å²) in [6, 6.07) is 8.16. The molecule has 2 aromatic heterocycles. The number of halogens is 4. The maximum Gasteiger partial charge on any atom is 0.235 e. The summed E-state index contributed by atoms with van der Waals surface area (Å²) in [5.41, 5.74) is 0.656. The van der Waals surface area contributed by atoms with Gasteiger partial charge in [0, 0.05) is 10.6 Å². The lowest BCUT2D eigenvalue weighted by Gasteiger charge is -2.01. The molecule has 0 spiro atoms. The number of hydrogen-bond acceptors (Lipinski definition) is 4. The van der Waals surface area contributed by atoms with E-state index in [1.807, 2.05) is 0 Å². The number of aromatic nitrogens is 4. The largest absolute Gasteiger partial charge is 0.235 e. The van der Waals surface area contributed by atoms with Gasteiger partial charge in [-0.05, 0) is 36.4 Å². The minimum atomic E-state index is -0.607. The lowest BCUT2D eigenvalue weighted by molar-refractivity contribution is 0.601. The molecule has 0 saturated heterocycles. The summed E-state index contributed by atoms with van der Waals surface area (Å²) in [5.74, 6) is -1.06. The predicted octanol–water partition coefficient (Wildman–Crippen LogP) is 5.10. The second-order valence-electron chi connectivity index (χ2n) is 4.87. The SMILES string of the molecule is Fc1ccc(F)c(-c2nnc3sc(-c4ccc(Cl)cc4Cl)nn23)c1. The van der Waals surface area contributed by atoms with E-state index >= 15 is 0 Å². The Morgan fingerprint density at radius 2 is 1.79 bits per heavy atom. The maximum absolute atomic E-state index is 14.0. The molecule has 2 aromatic carbocycles. The zero-order chi connectivity index (χ0) is 16.8. The van der Waals surface area contributed by atoms with Gasteiger partial charge in [0.1, 0.15) is 16.6 Å². The molecule has 2 heterocycles. The van der Waals surface area contributed by atoms with Crippen molar-refractivity contribution in [3.63, 3.8) is 0 Å². The van der Waals surface area contributed by atoms with Crippen molar-refractivity contribution >= 4 is 39.5 Å². The standard InChI is InChI=1S/C15H6Cl2F2N4S/c16-7-1-3-9(11(17)5-7)14-22-23-13(20-21-15(23)24-14)10-6-8(18)2-4-12(10)19/h1-6H. The van der Waals surface area contributed by atoms with Crippen molar-refractivity contribution in [1.29, 1.82) is 0 Å². The summed E-state index contributed by atoms with van der Waals surface area (Å²) in [6.07, 6.45) is 0. The Kier molecular flexibility index (Phi) is 3.71. The summed E-state index contributed by atoms with van der Waals surface area (Å²) in [5, 5.41) is 13.8. The Morgan fingerprint density at radius 3 is 2.58 bits per heavy atom. The molecule has 9 heteroatoms. The molecule has 4 rings (SSSR count). The Labute approximate surface area is 148 Å². The van der Waals surface area contributed by atoms with Crippen LogP contribution in [0.4, 0.5) is 8.78 Å². The first-order valence-corrected chi connectivity index (χ1v) is 8.23. The number of rotatable bonds is 2. The Morgan fingerprint density at radius 1 is 0.958 bits per heavy atom. The van der Waals surface area contributed by atoms with E-state index in [-0.39, 0.29) is 11.4 Å². The van der Waals surface area contributed by atoms with Crippen LogP contribution < -0.4 is 0 Å². The first-order valence-electron chi connectivity index (χ1n) is 6.66. The molecule has 0 bridgehead atoms. The van der Waals surface area contributed by atoms with Gasteiger partial charge in [-0.1, -0.05) is 34.5 Å². The van der Waals surface area contributed by atoms with Crippen LogP contribution in [0.1, 0.15) is 0 Å². The summed E-state index contributed by atoms with van der Waals surface area (Å²) in [7, 11) is 0. The van der Waals surface area contributed by atoms with E-state index in [0.29, 0.717) is 25.6 Å². The fourth-order valence-electron chi connectivity index (χ4n) is 2.23. The van der Waals surface area contributed by atoms with Gasteiger partial charge in [-0.3, -0.25) is 0 Å². The van der Waals surface area contributed by atoms with Gasteiger partial charge in [0.05, 0.1) is 10.6 Å². The quantitative estimate of drug-likeness (QED) is 0.484. The third-order valence-electron chi connectivity index (χ3n) is 3.32. The molecule has 0 amide bonds. The number of nitrogens with zero attached hydrogens (tertiary/aromatic N) is 4. The van der Waals surface area contributed by atoms with Crippen LogP contribution in [0.3, 0.4) is 0 Å². The second-order valence-corrected chi connectivity index (χ2v) is 6.67. The Bertz CT molecular complexity index is 1080. The van der Waals surface area contributed by atoms with E-state index in [0.717, 1.165) is 18.2 Å². The molecule has 0 saturated carbocycles. The van der Waals surface area contributed by atoms with E-state index in [9.17, 15) is 8.78 Å². The lowest BCUT2D eigenvalue weighted by atomic mass is 10.2. The molecule has 0 aliphatic heterocycles. The Balaban J connectivity index is 1.89. The molecule has 4 nitrogen and oxygen atoms in total. The van der Waals surface area contributed by atoms with Crippen molar-refractivity contribution in [3.8, 4) is 22.0 Å². The van der Waals surface area contributed by atoms with E-state index in [1.165, 1.54) is 15.9 Å². The topological polar surface area (TPSA) is 43.1 Å². The first-order chi connectivity index (χ1) is 11.5. The molecular weight excluding hydrogens is 377 g/mol. The van der Waals surface area contributed by atoms with Gasteiger partial charge in [0.2, 0.25) is 4.96 Å². The van der Waals surface area contributed by atoms with Gasteiger partial charge in [-0.25, -0.2) is 8.78 Å². The number of fused-ring (bicyclic) bond motifs is 1. The molecule has 0 aliphatic rings. The van der Waals surface area contributed by atoms with E-state index in [1.54, 1.807) is 18.2 Å². The molecule has 0 N–H and O–H groups in total. The van der Waals surface area contributed by atoms with Crippen molar-refractivity contribution in [3.05, 3.63) is 58.1 Å². The summed E-state index contributed by atoms with van der Waals surface area (Å²) in [6.45, 7) is 0. The Hall–Kier alpha value is -2.09. The van der Waals surface area contributed by atoms with Crippen LogP contribution in [-0.4, -0.2) is 19.8 Å². The van der Waals surface area contributed by atoms with Crippen molar-refractivity contribution in [1.82, 2.24) is 19.8 Å². The third-order valence-corrected chi connectivity index (χ3v) is 4.80. The minimum Gasteiger partial charge on any atom is -0.207 e. The fraction of sp³-hybridized carbons (Fsp3) is 0. The van der Waals surface area contributed by atoms with Gasteiger partial charge < -0.3 is 0 Å². The summed E-state index contributed by atoms with van der Waals surface area (Å²) < 4.78 is 28.8. The minimum absolute atomic E-state index is 0.0125. The van der Waals surface area contributed by atoms with Gasteiger partial charge >= 0.3 is 0 Å². The van der Waals surface area contributed by atoms with Crippen LogP contribution in [0.5, 0.6) is 0 Å². The molecule has 0 aliphatic carbocycles. The van der Waals surface area contributed by atoms with Crippen molar-refractivity contribution < 1.29 is 8.78 Å². The van der Waals surface area contributed by atoms with E-state index in [2.05, 4.69) is 15.3 Å². The molecule has 0 radical (unpaired) electrons. The van der Waals surface area contributed by atoms with Gasteiger partial charge in [0.15, 0.2) is 5.82 Å². The van der Waals surface area contributed by atoms with Crippen LogP contribution >= 0.6 is 34.5 Å². The van der Waals surface area contributed by atoms with Crippen LogP contribution in [0.15, 0.2) is 36.4 Å². The highest BCUT2D eigenvalue weighted by Gasteiger charge is 2.18. The van der Waals surface area contributed by atoms with E-state index < -0.39 is 11.6 Å². The third kappa shape index (κ3) is 2.54. The van der Waals surface area contributed by atoms with Crippen LogP contribution in [-0.2, 0) is 0 Å². The number of hydrogen-bond donors (Lipinski definition) is 0. The summed E-state index contributed by atoms with van der Waals surface area (Å²) >= 11 is 13.3. The van der Waals surface area contributed by atoms with E-state index in [4.69, 9.17) is 23.2 Å². The molecule has 24 heavy (non-hydrogen) atoms. The molecule has 0 atom stereocenters. The molecule has 120 valence electrons. The fourth-order valence-corrected chi connectivity index (χ4v) is 3.66. The molecule has 4 aromatic rings. The van der Waals surface area contributed by atoms with Crippen LogP contribution in [0.2, 0.25) is 10.0 Å². The molecule has 0 fully saturated rings. The monoisotopic (exact) mass is 382 g/mol. The van der Waals surface area contributed by atoms with Crippen molar-refractivity contribution in [2.24, 2.45) is 0 Å². The smallest absolute Gasteiger partial charge is 0.207 e. The van der Waals surface area contributed by atoms with Crippen LogP contribution in [0, 0.1) is 11.6 Å². The average Bonchev–Trinajstić information content (AvgIpc) is 3.10. The lowest BCUT2D eigenvalue weighted by Crippen LogP contribution is -1.94. The highest BCUT2D eigenvalue weighted by molar-refractivity contribution is 7.19. The van der Waals surface area contributed by atoms with Crippen molar-refractivity contribution in [2.45, 2.75) is 0 Å². The van der Waals surface area contributed by atoms with Gasteiger partial charge in [-0.15, -0.1) is 10.2 Å². The highest BCUT2D eigenvalue weighted by Crippen LogP contribution is 2.34. The normalized spacial score (nSPS) is 11.3. The first kappa shape index (κ1) is 15.4. The van der Waals surface area contributed by atoms with Gasteiger partial charge in [0.25, 0.3) is 0 Å². The zero-order valence-corrected chi connectivity index (χ0v) is 14.0.